The molecule has 7 heteroatoms. The van der Waals surface area contributed by atoms with Crippen LogP contribution in [0.2, 0.25) is 0 Å². The van der Waals surface area contributed by atoms with Crippen LogP contribution in [0.25, 0.3) is 11.3 Å². The van der Waals surface area contributed by atoms with Gasteiger partial charge in [0.25, 0.3) is 0 Å². The molecular weight excluding hydrogens is 390 g/mol. The Balaban J connectivity index is 1.63. The molecule has 0 saturated carbocycles. The van der Waals surface area contributed by atoms with E-state index in [-0.39, 0.29) is 6.03 Å². The number of benzene rings is 2. The number of halogens is 1. The second kappa shape index (κ2) is 7.46. The molecule has 0 aliphatic rings. The largest absolute Gasteiger partial charge is 0.497 e. The van der Waals surface area contributed by atoms with Crippen LogP contribution in [0.15, 0.2) is 58.4 Å². The van der Waals surface area contributed by atoms with Gasteiger partial charge in [0.2, 0.25) is 0 Å². The van der Waals surface area contributed by atoms with Crippen LogP contribution in [0, 0.1) is 0 Å². The molecule has 1 heterocycles. The predicted octanol–water partition coefficient (Wildman–Crippen LogP) is 5.23. The standard InChI is InChI=1S/C17H14BrN3O2S/c1-23-14-8-6-13(7-9-14)19-16(22)21-17-20-15(10-24-17)11-2-4-12(18)5-3-11/h2-10H,1H3,(H2,19,20,21,22). The number of carbonyl (C=O) groups is 1. The average Bonchev–Trinajstić information content (AvgIpc) is 3.04. The molecule has 3 aromatic rings. The first-order chi connectivity index (χ1) is 11.6. The number of nitrogens with one attached hydrogen (secondary N) is 2. The van der Waals surface area contributed by atoms with Crippen LogP contribution in [0.5, 0.6) is 5.75 Å². The Kier molecular flexibility index (Phi) is 5.12. The highest BCUT2D eigenvalue weighted by molar-refractivity contribution is 9.10. The van der Waals surface area contributed by atoms with Gasteiger partial charge in [-0.15, -0.1) is 11.3 Å². The molecule has 2 N–H and O–H groups in total. The summed E-state index contributed by atoms with van der Waals surface area (Å²) in [5.41, 5.74) is 2.50. The number of methoxy groups -OCH3 is 1. The third-order valence-corrected chi connectivity index (χ3v) is 4.50. The molecule has 3 rings (SSSR count). The predicted molar refractivity (Wildman–Crippen MR) is 101 cm³/mol. The third kappa shape index (κ3) is 4.12. The summed E-state index contributed by atoms with van der Waals surface area (Å²) in [5.74, 6) is 0.736. The van der Waals surface area contributed by atoms with Gasteiger partial charge in [-0.05, 0) is 36.4 Å². The fourth-order valence-electron chi connectivity index (χ4n) is 2.02. The second-order valence-electron chi connectivity index (χ2n) is 4.85. The molecule has 1 aromatic heterocycles. The molecule has 0 aliphatic heterocycles. The lowest BCUT2D eigenvalue weighted by Crippen LogP contribution is -2.19. The van der Waals surface area contributed by atoms with Crippen molar-refractivity contribution in [3.63, 3.8) is 0 Å². The summed E-state index contributed by atoms with van der Waals surface area (Å²) >= 11 is 4.78. The molecule has 0 bridgehead atoms. The van der Waals surface area contributed by atoms with Gasteiger partial charge in [-0.25, -0.2) is 9.78 Å². The van der Waals surface area contributed by atoms with Crippen molar-refractivity contribution in [2.45, 2.75) is 0 Å². The minimum absolute atomic E-state index is 0.336. The van der Waals surface area contributed by atoms with Gasteiger partial charge in [-0.1, -0.05) is 28.1 Å². The fraction of sp³-hybridized carbons (Fsp3) is 0.0588. The van der Waals surface area contributed by atoms with Crippen LogP contribution >= 0.6 is 27.3 Å². The Bertz CT molecular complexity index is 832. The Morgan fingerprint density at radius 2 is 1.79 bits per heavy atom. The zero-order valence-electron chi connectivity index (χ0n) is 12.7. The monoisotopic (exact) mass is 403 g/mol. The molecule has 2 aromatic carbocycles. The van der Waals surface area contributed by atoms with Crippen molar-refractivity contribution in [2.24, 2.45) is 0 Å². The van der Waals surface area contributed by atoms with Crippen molar-refractivity contribution in [2.75, 3.05) is 17.7 Å². The summed E-state index contributed by atoms with van der Waals surface area (Å²) < 4.78 is 6.10. The highest BCUT2D eigenvalue weighted by Gasteiger charge is 2.08. The first-order valence-corrected chi connectivity index (χ1v) is 8.75. The fourth-order valence-corrected chi connectivity index (χ4v) is 3.00. The van der Waals surface area contributed by atoms with Crippen molar-refractivity contribution < 1.29 is 9.53 Å². The zero-order valence-corrected chi connectivity index (χ0v) is 15.1. The van der Waals surface area contributed by atoms with E-state index < -0.39 is 0 Å². The molecule has 122 valence electrons. The van der Waals surface area contributed by atoms with Gasteiger partial charge in [-0.2, -0.15) is 0 Å². The first kappa shape index (κ1) is 16.5. The number of hydrogen-bond donors (Lipinski definition) is 2. The topological polar surface area (TPSA) is 63.2 Å². The maximum Gasteiger partial charge on any atom is 0.325 e. The summed E-state index contributed by atoms with van der Waals surface area (Å²) in [5, 5.41) is 7.94. The SMILES string of the molecule is COc1ccc(NC(=O)Nc2nc(-c3ccc(Br)cc3)cs2)cc1. The van der Waals surface area contributed by atoms with E-state index in [1.807, 2.05) is 29.6 Å². The highest BCUT2D eigenvalue weighted by Crippen LogP contribution is 2.26. The van der Waals surface area contributed by atoms with Crippen LogP contribution < -0.4 is 15.4 Å². The smallest absolute Gasteiger partial charge is 0.325 e. The molecule has 0 unspecified atom stereocenters. The number of amides is 2. The van der Waals surface area contributed by atoms with E-state index >= 15 is 0 Å². The summed E-state index contributed by atoms with van der Waals surface area (Å²) in [6.45, 7) is 0. The lowest BCUT2D eigenvalue weighted by atomic mass is 10.2. The van der Waals surface area contributed by atoms with E-state index in [0.717, 1.165) is 21.5 Å². The van der Waals surface area contributed by atoms with Gasteiger partial charge in [0.15, 0.2) is 5.13 Å². The molecule has 2 amide bonds. The summed E-state index contributed by atoms with van der Waals surface area (Å²) in [6, 6.07) is 14.6. The van der Waals surface area contributed by atoms with Gasteiger partial charge in [0, 0.05) is 21.1 Å². The van der Waals surface area contributed by atoms with Crippen molar-refractivity contribution >= 4 is 44.1 Å². The number of anilines is 2. The number of nitrogens with zero attached hydrogens (tertiary/aromatic N) is 1. The molecule has 24 heavy (non-hydrogen) atoms. The van der Waals surface area contributed by atoms with E-state index in [1.165, 1.54) is 11.3 Å². The number of urea groups is 1. The summed E-state index contributed by atoms with van der Waals surface area (Å²) in [7, 11) is 1.60. The Morgan fingerprint density at radius 3 is 2.46 bits per heavy atom. The maximum absolute atomic E-state index is 12.0. The van der Waals surface area contributed by atoms with E-state index in [4.69, 9.17) is 4.74 Å². The maximum atomic E-state index is 12.0. The average molecular weight is 404 g/mol. The lowest BCUT2D eigenvalue weighted by Gasteiger charge is -2.06. The number of carbonyl (C=O) groups excluding carboxylic acids is 1. The number of aromatic nitrogens is 1. The molecule has 5 nitrogen and oxygen atoms in total. The molecular formula is C17H14BrN3O2S. The molecule has 0 atom stereocenters. The van der Waals surface area contributed by atoms with Gasteiger partial charge < -0.3 is 10.1 Å². The zero-order chi connectivity index (χ0) is 16.9. The number of ether oxygens (including phenoxy) is 1. The van der Waals surface area contributed by atoms with Crippen LogP contribution in [0.3, 0.4) is 0 Å². The van der Waals surface area contributed by atoms with Gasteiger partial charge >= 0.3 is 6.03 Å². The minimum atomic E-state index is -0.336. The lowest BCUT2D eigenvalue weighted by molar-refractivity contribution is 0.262. The van der Waals surface area contributed by atoms with Crippen molar-refractivity contribution in [1.82, 2.24) is 4.98 Å². The number of hydrogen-bond acceptors (Lipinski definition) is 4. The molecule has 0 aliphatic carbocycles. The molecule has 0 saturated heterocycles. The number of thiazole rings is 1. The summed E-state index contributed by atoms with van der Waals surface area (Å²) in [6.07, 6.45) is 0. The Labute approximate surface area is 151 Å². The molecule has 0 radical (unpaired) electrons. The number of rotatable bonds is 4. The normalized spacial score (nSPS) is 10.2. The Morgan fingerprint density at radius 1 is 1.08 bits per heavy atom. The highest BCUT2D eigenvalue weighted by atomic mass is 79.9. The van der Waals surface area contributed by atoms with E-state index in [0.29, 0.717) is 10.8 Å². The van der Waals surface area contributed by atoms with Crippen LogP contribution in [0.1, 0.15) is 0 Å². The molecule has 0 spiro atoms. The first-order valence-electron chi connectivity index (χ1n) is 7.07. The van der Waals surface area contributed by atoms with Crippen molar-refractivity contribution in [3.05, 3.63) is 58.4 Å². The third-order valence-electron chi connectivity index (χ3n) is 3.21. The van der Waals surface area contributed by atoms with Gasteiger partial charge in [0.1, 0.15) is 5.75 Å². The molecule has 0 fully saturated rings. The Hall–Kier alpha value is -2.38. The second-order valence-corrected chi connectivity index (χ2v) is 6.63. The van der Waals surface area contributed by atoms with Crippen LogP contribution in [0.4, 0.5) is 15.6 Å². The summed E-state index contributed by atoms with van der Waals surface area (Å²) in [4.78, 5) is 16.5. The van der Waals surface area contributed by atoms with E-state index in [9.17, 15) is 4.79 Å². The quantitative estimate of drug-likeness (QED) is 0.626. The minimum Gasteiger partial charge on any atom is -0.497 e. The van der Waals surface area contributed by atoms with Crippen molar-refractivity contribution in [3.8, 4) is 17.0 Å². The van der Waals surface area contributed by atoms with E-state index in [1.54, 1.807) is 31.4 Å². The van der Waals surface area contributed by atoms with Crippen molar-refractivity contribution in [1.29, 1.82) is 0 Å². The van der Waals surface area contributed by atoms with Gasteiger partial charge in [-0.3, -0.25) is 5.32 Å². The van der Waals surface area contributed by atoms with Gasteiger partial charge in [0.05, 0.1) is 12.8 Å². The van der Waals surface area contributed by atoms with E-state index in [2.05, 4.69) is 31.5 Å². The van der Waals surface area contributed by atoms with Crippen LogP contribution in [-0.2, 0) is 0 Å². The van der Waals surface area contributed by atoms with Crippen LogP contribution in [-0.4, -0.2) is 18.1 Å².